The highest BCUT2D eigenvalue weighted by atomic mass is 19.1. The number of benzene rings is 1. The summed E-state index contributed by atoms with van der Waals surface area (Å²) in [6.45, 7) is 2.40. The van der Waals surface area contributed by atoms with E-state index >= 15 is 0 Å². The second-order valence-electron chi connectivity index (χ2n) is 5.70. The minimum atomic E-state index is -0.257. The summed E-state index contributed by atoms with van der Waals surface area (Å²) in [6.07, 6.45) is 4.35. The highest BCUT2D eigenvalue weighted by Crippen LogP contribution is 2.16. The predicted molar refractivity (Wildman–Crippen MR) is 83.6 cm³/mol. The van der Waals surface area contributed by atoms with Crippen molar-refractivity contribution in [3.8, 4) is 0 Å². The van der Waals surface area contributed by atoms with Gasteiger partial charge in [-0.15, -0.1) is 5.10 Å². The van der Waals surface area contributed by atoms with Gasteiger partial charge in [0.05, 0.1) is 12.2 Å². The van der Waals surface area contributed by atoms with E-state index in [1.807, 2.05) is 0 Å². The molecule has 1 aliphatic heterocycles. The molecule has 0 saturated carbocycles. The van der Waals surface area contributed by atoms with E-state index in [4.69, 9.17) is 0 Å². The van der Waals surface area contributed by atoms with Crippen LogP contribution >= 0.6 is 0 Å². The van der Waals surface area contributed by atoms with Crippen LogP contribution in [0.5, 0.6) is 0 Å². The summed E-state index contributed by atoms with van der Waals surface area (Å²) in [4.78, 5) is 12.1. The van der Waals surface area contributed by atoms with Crippen LogP contribution in [-0.4, -0.2) is 40.5 Å². The Balaban J connectivity index is 1.50. The lowest BCUT2D eigenvalue weighted by molar-refractivity contribution is 0.0949. The van der Waals surface area contributed by atoms with Gasteiger partial charge in [-0.2, -0.15) is 0 Å². The molecule has 1 aromatic heterocycles. The minimum Gasteiger partial charge on any atom is -0.350 e. The molecule has 0 unspecified atom stereocenters. The summed E-state index contributed by atoms with van der Waals surface area (Å²) in [5.41, 5.74) is 1.31. The molecule has 1 aliphatic rings. The SMILES string of the molecule is O=C(NCCc1ccc(F)cc1)c1cn(C2CCNCC2)nn1. The van der Waals surface area contributed by atoms with E-state index in [9.17, 15) is 9.18 Å². The molecule has 2 heterocycles. The van der Waals surface area contributed by atoms with Gasteiger partial charge in [-0.05, 0) is 50.0 Å². The van der Waals surface area contributed by atoms with Gasteiger partial charge in [0.1, 0.15) is 5.82 Å². The van der Waals surface area contributed by atoms with Crippen molar-refractivity contribution in [1.82, 2.24) is 25.6 Å². The standard InChI is InChI=1S/C16H20FN5O/c17-13-3-1-12(2-4-13)5-10-19-16(23)15-11-22(21-20-15)14-6-8-18-9-7-14/h1-4,11,14,18H,5-10H2,(H,19,23). The first-order valence-electron chi connectivity index (χ1n) is 7.87. The van der Waals surface area contributed by atoms with Crippen LogP contribution in [0.2, 0.25) is 0 Å². The van der Waals surface area contributed by atoms with E-state index in [0.29, 0.717) is 24.7 Å². The molecule has 1 aromatic carbocycles. The molecule has 0 spiro atoms. The molecule has 2 N–H and O–H groups in total. The van der Waals surface area contributed by atoms with Crippen molar-refractivity contribution in [2.75, 3.05) is 19.6 Å². The summed E-state index contributed by atoms with van der Waals surface area (Å²) in [7, 11) is 0. The summed E-state index contributed by atoms with van der Waals surface area (Å²) in [5.74, 6) is -0.486. The third-order valence-corrected chi connectivity index (χ3v) is 4.04. The molecule has 7 heteroatoms. The van der Waals surface area contributed by atoms with E-state index in [0.717, 1.165) is 31.5 Å². The third-order valence-electron chi connectivity index (χ3n) is 4.04. The molecule has 0 bridgehead atoms. The number of nitrogens with one attached hydrogen (secondary N) is 2. The molecule has 1 fully saturated rings. The lowest BCUT2D eigenvalue weighted by Crippen LogP contribution is -2.29. The number of hydrogen-bond donors (Lipinski definition) is 2. The quantitative estimate of drug-likeness (QED) is 0.872. The summed E-state index contributed by atoms with van der Waals surface area (Å²) in [5, 5.41) is 14.1. The molecule has 23 heavy (non-hydrogen) atoms. The first-order valence-corrected chi connectivity index (χ1v) is 7.87. The van der Waals surface area contributed by atoms with E-state index in [1.54, 1.807) is 23.0 Å². The van der Waals surface area contributed by atoms with Gasteiger partial charge in [0.25, 0.3) is 5.91 Å². The first-order chi connectivity index (χ1) is 11.2. The summed E-state index contributed by atoms with van der Waals surface area (Å²) < 4.78 is 14.6. The van der Waals surface area contributed by atoms with Crippen LogP contribution in [0.1, 0.15) is 34.9 Å². The molecule has 6 nitrogen and oxygen atoms in total. The molecule has 0 aliphatic carbocycles. The first kappa shape index (κ1) is 15.6. The zero-order valence-electron chi connectivity index (χ0n) is 12.8. The van der Waals surface area contributed by atoms with Crippen LogP contribution in [0.15, 0.2) is 30.5 Å². The van der Waals surface area contributed by atoms with Crippen LogP contribution in [0.3, 0.4) is 0 Å². The monoisotopic (exact) mass is 317 g/mol. The Morgan fingerprint density at radius 2 is 2.04 bits per heavy atom. The van der Waals surface area contributed by atoms with Crippen LogP contribution < -0.4 is 10.6 Å². The Kier molecular flexibility index (Phi) is 4.97. The highest BCUT2D eigenvalue weighted by Gasteiger charge is 2.18. The van der Waals surface area contributed by atoms with Crippen molar-refractivity contribution in [2.24, 2.45) is 0 Å². The molecular weight excluding hydrogens is 297 g/mol. The number of nitrogens with zero attached hydrogens (tertiary/aromatic N) is 3. The van der Waals surface area contributed by atoms with Gasteiger partial charge < -0.3 is 10.6 Å². The maximum atomic E-state index is 12.8. The van der Waals surface area contributed by atoms with Gasteiger partial charge >= 0.3 is 0 Å². The smallest absolute Gasteiger partial charge is 0.273 e. The number of amides is 1. The topological polar surface area (TPSA) is 71.8 Å². The Hall–Kier alpha value is -2.28. The molecule has 1 saturated heterocycles. The van der Waals surface area contributed by atoms with E-state index in [-0.39, 0.29) is 11.7 Å². The van der Waals surface area contributed by atoms with Crippen LogP contribution in [0, 0.1) is 5.82 Å². The average molecular weight is 317 g/mol. The predicted octanol–water partition coefficient (Wildman–Crippen LogP) is 1.31. The zero-order chi connectivity index (χ0) is 16.1. The van der Waals surface area contributed by atoms with Gasteiger partial charge in [0, 0.05) is 6.54 Å². The van der Waals surface area contributed by atoms with Crippen molar-refractivity contribution in [3.05, 3.63) is 47.5 Å². The summed E-state index contributed by atoms with van der Waals surface area (Å²) in [6, 6.07) is 6.58. The number of rotatable bonds is 5. The number of halogens is 1. The van der Waals surface area contributed by atoms with Gasteiger partial charge in [-0.1, -0.05) is 17.3 Å². The number of carbonyl (C=O) groups is 1. The highest BCUT2D eigenvalue weighted by molar-refractivity contribution is 5.91. The molecule has 2 aromatic rings. The van der Waals surface area contributed by atoms with Gasteiger partial charge in [0.2, 0.25) is 0 Å². The van der Waals surface area contributed by atoms with Gasteiger partial charge in [0.15, 0.2) is 5.69 Å². The Labute approximate surface area is 134 Å². The number of hydrogen-bond acceptors (Lipinski definition) is 4. The van der Waals surface area contributed by atoms with Crippen molar-refractivity contribution >= 4 is 5.91 Å². The fourth-order valence-electron chi connectivity index (χ4n) is 2.69. The fourth-order valence-corrected chi connectivity index (χ4v) is 2.69. The van der Waals surface area contributed by atoms with Crippen molar-refractivity contribution in [1.29, 1.82) is 0 Å². The molecule has 0 radical (unpaired) electrons. The molecule has 0 atom stereocenters. The van der Waals surface area contributed by atoms with Crippen molar-refractivity contribution < 1.29 is 9.18 Å². The average Bonchev–Trinajstić information content (AvgIpc) is 3.07. The molecule has 3 rings (SSSR count). The van der Waals surface area contributed by atoms with Gasteiger partial charge in [-0.25, -0.2) is 9.07 Å². The zero-order valence-corrected chi connectivity index (χ0v) is 12.8. The van der Waals surface area contributed by atoms with Crippen molar-refractivity contribution in [3.63, 3.8) is 0 Å². The number of carbonyl (C=O) groups excluding carboxylic acids is 1. The summed E-state index contributed by atoms with van der Waals surface area (Å²) >= 11 is 0. The van der Waals surface area contributed by atoms with E-state index in [2.05, 4.69) is 20.9 Å². The number of aromatic nitrogens is 3. The van der Waals surface area contributed by atoms with Crippen LogP contribution in [0.4, 0.5) is 4.39 Å². The van der Waals surface area contributed by atoms with Crippen molar-refractivity contribution in [2.45, 2.75) is 25.3 Å². The minimum absolute atomic E-state index is 0.229. The Morgan fingerprint density at radius 1 is 1.30 bits per heavy atom. The van der Waals surface area contributed by atoms with Crippen LogP contribution in [0.25, 0.3) is 0 Å². The fraction of sp³-hybridized carbons (Fsp3) is 0.438. The Bertz CT molecular complexity index is 649. The second-order valence-corrected chi connectivity index (χ2v) is 5.70. The molecule has 122 valence electrons. The lowest BCUT2D eigenvalue weighted by Gasteiger charge is -2.22. The maximum Gasteiger partial charge on any atom is 0.273 e. The van der Waals surface area contributed by atoms with Gasteiger partial charge in [-0.3, -0.25) is 4.79 Å². The normalized spacial score (nSPS) is 15.5. The van der Waals surface area contributed by atoms with E-state index in [1.165, 1.54) is 12.1 Å². The molecule has 1 amide bonds. The molecular formula is C16H20FN5O. The maximum absolute atomic E-state index is 12.8. The second kappa shape index (κ2) is 7.32. The largest absolute Gasteiger partial charge is 0.350 e. The van der Waals surface area contributed by atoms with E-state index < -0.39 is 0 Å². The Morgan fingerprint density at radius 3 is 2.78 bits per heavy atom. The third kappa shape index (κ3) is 4.13. The number of piperidine rings is 1. The lowest BCUT2D eigenvalue weighted by atomic mass is 10.1. The van der Waals surface area contributed by atoms with Crippen LogP contribution in [-0.2, 0) is 6.42 Å².